The maximum atomic E-state index is 13.2. The number of hydrogen-bond acceptors (Lipinski definition) is 2. The second kappa shape index (κ2) is 5.06. The van der Waals surface area contributed by atoms with E-state index in [0.717, 1.165) is 5.56 Å². The molecule has 0 radical (unpaired) electrons. The number of nitrogen functional groups attached to an aromatic ring is 1. The van der Waals surface area contributed by atoms with Gasteiger partial charge in [0.2, 0.25) is 0 Å². The van der Waals surface area contributed by atoms with Crippen LogP contribution >= 0.6 is 11.6 Å². The molecule has 2 N–H and O–H groups in total. The number of halogens is 2. The standard InChI is InChI=1S/C13H11ClFNO/c14-11-4-2-1-3-9(11)8-17-10-5-6-13(16)12(15)7-10/h1-7H,8,16H2. The van der Waals surface area contributed by atoms with Gasteiger partial charge in [0.1, 0.15) is 18.2 Å². The smallest absolute Gasteiger partial charge is 0.149 e. The minimum absolute atomic E-state index is 0.107. The fourth-order valence-corrected chi connectivity index (χ4v) is 1.56. The van der Waals surface area contributed by atoms with Crippen molar-refractivity contribution in [2.45, 2.75) is 6.61 Å². The first-order valence-electron chi connectivity index (χ1n) is 5.08. The van der Waals surface area contributed by atoms with E-state index >= 15 is 0 Å². The van der Waals surface area contributed by atoms with Crippen LogP contribution in [-0.2, 0) is 6.61 Å². The van der Waals surface area contributed by atoms with E-state index in [2.05, 4.69) is 0 Å². The van der Waals surface area contributed by atoms with Crippen molar-refractivity contribution in [2.75, 3.05) is 5.73 Å². The highest BCUT2D eigenvalue weighted by Gasteiger charge is 2.03. The molecule has 2 aromatic carbocycles. The molecule has 2 nitrogen and oxygen atoms in total. The Labute approximate surface area is 104 Å². The maximum Gasteiger partial charge on any atom is 0.149 e. The van der Waals surface area contributed by atoms with Gasteiger partial charge in [0.05, 0.1) is 5.69 Å². The molecule has 0 atom stereocenters. The molecule has 2 rings (SSSR count). The Morgan fingerprint density at radius 2 is 1.94 bits per heavy atom. The number of anilines is 1. The molecule has 0 heterocycles. The zero-order valence-electron chi connectivity index (χ0n) is 8.99. The summed E-state index contributed by atoms with van der Waals surface area (Å²) in [5.74, 6) is -0.0571. The van der Waals surface area contributed by atoms with Crippen LogP contribution in [0.15, 0.2) is 42.5 Å². The van der Waals surface area contributed by atoms with E-state index in [-0.39, 0.29) is 5.69 Å². The topological polar surface area (TPSA) is 35.2 Å². The molecule has 2 aromatic rings. The summed E-state index contributed by atoms with van der Waals surface area (Å²) in [5, 5.41) is 0.628. The van der Waals surface area contributed by atoms with Crippen LogP contribution in [-0.4, -0.2) is 0 Å². The van der Waals surface area contributed by atoms with E-state index in [9.17, 15) is 4.39 Å². The van der Waals surface area contributed by atoms with Gasteiger partial charge in [-0.3, -0.25) is 0 Å². The number of nitrogens with two attached hydrogens (primary N) is 1. The van der Waals surface area contributed by atoms with E-state index < -0.39 is 5.82 Å². The van der Waals surface area contributed by atoms with Gasteiger partial charge in [-0.1, -0.05) is 29.8 Å². The summed E-state index contributed by atoms with van der Waals surface area (Å²) < 4.78 is 18.6. The van der Waals surface area contributed by atoms with Crippen molar-refractivity contribution >= 4 is 17.3 Å². The van der Waals surface area contributed by atoms with Crippen molar-refractivity contribution in [2.24, 2.45) is 0 Å². The number of ether oxygens (including phenoxy) is 1. The maximum absolute atomic E-state index is 13.2. The van der Waals surface area contributed by atoms with E-state index in [0.29, 0.717) is 17.4 Å². The average molecular weight is 252 g/mol. The van der Waals surface area contributed by atoms with E-state index in [1.54, 1.807) is 12.1 Å². The molecule has 0 aliphatic carbocycles. The summed E-state index contributed by atoms with van der Waals surface area (Å²) in [5.41, 5.74) is 6.33. The van der Waals surface area contributed by atoms with Crippen LogP contribution in [0.2, 0.25) is 5.02 Å². The van der Waals surface area contributed by atoms with Crippen LogP contribution in [0, 0.1) is 5.82 Å². The molecule has 0 aliphatic heterocycles. The third-order valence-electron chi connectivity index (χ3n) is 2.32. The van der Waals surface area contributed by atoms with Crippen molar-refractivity contribution in [1.29, 1.82) is 0 Å². The Balaban J connectivity index is 2.08. The highest BCUT2D eigenvalue weighted by Crippen LogP contribution is 2.21. The van der Waals surface area contributed by atoms with Crippen molar-refractivity contribution in [1.82, 2.24) is 0 Å². The van der Waals surface area contributed by atoms with E-state index in [1.807, 2.05) is 18.2 Å². The molecule has 17 heavy (non-hydrogen) atoms. The lowest BCUT2D eigenvalue weighted by atomic mass is 10.2. The summed E-state index contributed by atoms with van der Waals surface area (Å²) in [4.78, 5) is 0. The molecule has 4 heteroatoms. The van der Waals surface area contributed by atoms with Crippen LogP contribution in [0.3, 0.4) is 0 Å². The molecule has 88 valence electrons. The normalized spacial score (nSPS) is 10.2. The second-order valence-corrected chi connectivity index (χ2v) is 3.97. The Kier molecular flexibility index (Phi) is 3.49. The predicted molar refractivity (Wildman–Crippen MR) is 66.6 cm³/mol. The zero-order valence-corrected chi connectivity index (χ0v) is 9.75. The summed E-state index contributed by atoms with van der Waals surface area (Å²) >= 11 is 5.97. The molecule has 0 spiro atoms. The summed E-state index contributed by atoms with van der Waals surface area (Å²) in [6, 6.07) is 11.7. The molecule has 0 saturated carbocycles. The second-order valence-electron chi connectivity index (χ2n) is 3.56. The lowest BCUT2D eigenvalue weighted by Crippen LogP contribution is -1.97. The fourth-order valence-electron chi connectivity index (χ4n) is 1.37. The Hall–Kier alpha value is -1.74. The lowest BCUT2D eigenvalue weighted by molar-refractivity contribution is 0.305. The molecular formula is C13H11ClFNO. The van der Waals surface area contributed by atoms with Gasteiger partial charge in [-0.2, -0.15) is 0 Å². The highest BCUT2D eigenvalue weighted by atomic mass is 35.5. The number of hydrogen-bond donors (Lipinski definition) is 1. The van der Waals surface area contributed by atoms with Gasteiger partial charge in [0.25, 0.3) is 0 Å². The van der Waals surface area contributed by atoms with Crippen LogP contribution < -0.4 is 10.5 Å². The van der Waals surface area contributed by atoms with Crippen molar-refractivity contribution < 1.29 is 9.13 Å². The molecule has 0 bridgehead atoms. The molecular weight excluding hydrogens is 241 g/mol. The number of rotatable bonds is 3. The Morgan fingerprint density at radius 1 is 1.18 bits per heavy atom. The van der Waals surface area contributed by atoms with Gasteiger partial charge in [-0.25, -0.2) is 4.39 Å². The lowest BCUT2D eigenvalue weighted by Gasteiger charge is -2.08. The molecule has 0 aromatic heterocycles. The largest absolute Gasteiger partial charge is 0.489 e. The molecule has 0 fully saturated rings. The highest BCUT2D eigenvalue weighted by molar-refractivity contribution is 6.31. The monoisotopic (exact) mass is 251 g/mol. The average Bonchev–Trinajstić information content (AvgIpc) is 2.32. The molecule has 0 saturated heterocycles. The third kappa shape index (κ3) is 2.88. The summed E-state index contributed by atoms with van der Waals surface area (Å²) in [6.45, 7) is 0.295. The third-order valence-corrected chi connectivity index (χ3v) is 2.69. The van der Waals surface area contributed by atoms with Crippen molar-refractivity contribution in [3.8, 4) is 5.75 Å². The van der Waals surface area contributed by atoms with Crippen molar-refractivity contribution in [3.05, 3.63) is 58.9 Å². The van der Waals surface area contributed by atoms with Crippen LogP contribution in [0.4, 0.5) is 10.1 Å². The van der Waals surface area contributed by atoms with Crippen LogP contribution in [0.25, 0.3) is 0 Å². The van der Waals surface area contributed by atoms with Gasteiger partial charge < -0.3 is 10.5 Å². The minimum Gasteiger partial charge on any atom is -0.489 e. The first-order chi connectivity index (χ1) is 8.16. The Morgan fingerprint density at radius 3 is 2.65 bits per heavy atom. The van der Waals surface area contributed by atoms with Gasteiger partial charge in [-0.05, 0) is 18.2 Å². The predicted octanol–water partition coefficient (Wildman–Crippen LogP) is 3.64. The fraction of sp³-hybridized carbons (Fsp3) is 0.0769. The molecule has 0 aliphatic rings. The van der Waals surface area contributed by atoms with Crippen LogP contribution in [0.5, 0.6) is 5.75 Å². The quantitative estimate of drug-likeness (QED) is 0.846. The Bertz CT molecular complexity index is 531. The van der Waals surface area contributed by atoms with Gasteiger partial charge in [0.15, 0.2) is 0 Å². The van der Waals surface area contributed by atoms with Gasteiger partial charge >= 0.3 is 0 Å². The zero-order chi connectivity index (χ0) is 12.3. The van der Waals surface area contributed by atoms with E-state index in [4.69, 9.17) is 22.1 Å². The molecule has 0 amide bonds. The number of benzene rings is 2. The summed E-state index contributed by atoms with van der Waals surface area (Å²) in [7, 11) is 0. The minimum atomic E-state index is -0.485. The molecule has 0 unspecified atom stereocenters. The SMILES string of the molecule is Nc1ccc(OCc2ccccc2Cl)cc1F. The van der Waals surface area contributed by atoms with Gasteiger partial charge in [0, 0.05) is 16.7 Å². The van der Waals surface area contributed by atoms with Crippen molar-refractivity contribution in [3.63, 3.8) is 0 Å². The van der Waals surface area contributed by atoms with Gasteiger partial charge in [-0.15, -0.1) is 0 Å². The summed E-state index contributed by atoms with van der Waals surface area (Å²) in [6.07, 6.45) is 0. The van der Waals surface area contributed by atoms with Crippen LogP contribution in [0.1, 0.15) is 5.56 Å². The first kappa shape index (κ1) is 11.7. The van der Waals surface area contributed by atoms with E-state index in [1.165, 1.54) is 12.1 Å². The first-order valence-corrected chi connectivity index (χ1v) is 5.46.